The molecule has 33 heavy (non-hydrogen) atoms. The van der Waals surface area contributed by atoms with Crippen LogP contribution < -0.4 is 4.74 Å². The summed E-state index contributed by atoms with van der Waals surface area (Å²) in [5.74, 6) is 0.00251. The molecule has 2 heterocycles. The molecule has 0 bridgehead atoms. The van der Waals surface area contributed by atoms with Crippen LogP contribution in [0.25, 0.3) is 33.3 Å². The van der Waals surface area contributed by atoms with E-state index in [0.29, 0.717) is 24.3 Å². The van der Waals surface area contributed by atoms with E-state index in [2.05, 4.69) is 0 Å². The molecule has 0 spiro atoms. The SMILES string of the molecule is CCOC(=O)c1ccc2nc3c(c(-c4ccc(C(=O)OC)cc4)c2c1)COc1ccccc1-3. The van der Waals surface area contributed by atoms with Crippen molar-refractivity contribution in [2.24, 2.45) is 0 Å². The molecule has 4 aromatic rings. The molecular formula is C27H21NO5. The number of carbonyl (C=O) groups excluding carboxylic acids is 2. The fourth-order valence-corrected chi connectivity index (χ4v) is 4.17. The fraction of sp³-hybridized carbons (Fsp3) is 0.148. The van der Waals surface area contributed by atoms with Gasteiger partial charge in [0.15, 0.2) is 0 Å². The second-order valence-electron chi connectivity index (χ2n) is 7.62. The molecule has 1 aliphatic heterocycles. The number of carbonyl (C=O) groups is 2. The number of aromatic nitrogens is 1. The first kappa shape index (κ1) is 20.7. The molecule has 1 aromatic heterocycles. The van der Waals surface area contributed by atoms with E-state index >= 15 is 0 Å². The Balaban J connectivity index is 1.78. The van der Waals surface area contributed by atoms with E-state index in [-0.39, 0.29) is 5.97 Å². The predicted octanol–water partition coefficient (Wildman–Crippen LogP) is 5.42. The number of pyridine rings is 1. The second-order valence-corrected chi connectivity index (χ2v) is 7.62. The Labute approximate surface area is 190 Å². The van der Waals surface area contributed by atoms with Gasteiger partial charge in [0.2, 0.25) is 0 Å². The molecule has 0 atom stereocenters. The molecular weight excluding hydrogens is 418 g/mol. The summed E-state index contributed by atoms with van der Waals surface area (Å²) < 4.78 is 16.1. The number of hydrogen-bond donors (Lipinski definition) is 0. The minimum Gasteiger partial charge on any atom is -0.488 e. The Morgan fingerprint density at radius 3 is 2.48 bits per heavy atom. The molecule has 0 fully saturated rings. The molecule has 0 aliphatic carbocycles. The van der Waals surface area contributed by atoms with E-state index in [1.54, 1.807) is 25.1 Å². The number of para-hydroxylation sites is 1. The Morgan fingerprint density at radius 2 is 1.73 bits per heavy atom. The summed E-state index contributed by atoms with van der Waals surface area (Å²) in [4.78, 5) is 29.3. The van der Waals surface area contributed by atoms with E-state index in [1.165, 1.54) is 7.11 Å². The van der Waals surface area contributed by atoms with Crippen LogP contribution in [0.1, 0.15) is 33.2 Å². The van der Waals surface area contributed by atoms with Crippen molar-refractivity contribution in [2.45, 2.75) is 13.5 Å². The van der Waals surface area contributed by atoms with E-state index in [9.17, 15) is 9.59 Å². The molecule has 1 aliphatic rings. The van der Waals surface area contributed by atoms with Crippen LogP contribution >= 0.6 is 0 Å². The van der Waals surface area contributed by atoms with Crippen molar-refractivity contribution in [3.63, 3.8) is 0 Å². The second kappa shape index (κ2) is 8.39. The minimum absolute atomic E-state index is 0.297. The number of nitrogens with zero attached hydrogens (tertiary/aromatic N) is 1. The van der Waals surface area contributed by atoms with Gasteiger partial charge in [-0.25, -0.2) is 14.6 Å². The van der Waals surface area contributed by atoms with E-state index in [4.69, 9.17) is 19.2 Å². The van der Waals surface area contributed by atoms with Gasteiger partial charge in [0.25, 0.3) is 0 Å². The van der Waals surface area contributed by atoms with Crippen molar-refractivity contribution in [2.75, 3.05) is 13.7 Å². The summed E-state index contributed by atoms with van der Waals surface area (Å²) in [6.45, 7) is 2.42. The Kier molecular flexibility index (Phi) is 5.26. The smallest absolute Gasteiger partial charge is 0.338 e. The van der Waals surface area contributed by atoms with Crippen LogP contribution in [0.3, 0.4) is 0 Å². The minimum atomic E-state index is -0.398. The summed E-state index contributed by atoms with van der Waals surface area (Å²) in [6.07, 6.45) is 0. The summed E-state index contributed by atoms with van der Waals surface area (Å²) in [7, 11) is 1.36. The zero-order valence-electron chi connectivity index (χ0n) is 18.3. The van der Waals surface area contributed by atoms with E-state index < -0.39 is 5.97 Å². The zero-order chi connectivity index (χ0) is 22.9. The Hall–Kier alpha value is -4.19. The fourth-order valence-electron chi connectivity index (χ4n) is 4.17. The molecule has 6 heteroatoms. The van der Waals surface area contributed by atoms with E-state index in [0.717, 1.165) is 44.6 Å². The van der Waals surface area contributed by atoms with Gasteiger partial charge in [-0.15, -0.1) is 0 Å². The lowest BCUT2D eigenvalue weighted by molar-refractivity contribution is 0.0525. The standard InChI is InChI=1S/C27H21NO5/c1-3-32-27(30)18-12-13-22-20(14-18)24(16-8-10-17(11-9-16)26(29)31-2)21-15-33-23-7-5-4-6-19(23)25(21)28-22/h4-14H,3,15H2,1-2H3. The first-order valence-electron chi connectivity index (χ1n) is 10.7. The van der Waals surface area contributed by atoms with Gasteiger partial charge in [0.1, 0.15) is 12.4 Å². The largest absolute Gasteiger partial charge is 0.488 e. The molecule has 0 saturated heterocycles. The highest BCUT2D eigenvalue weighted by Gasteiger charge is 2.25. The monoisotopic (exact) mass is 439 g/mol. The van der Waals surface area contributed by atoms with Crippen LogP contribution in [0.5, 0.6) is 5.75 Å². The zero-order valence-corrected chi connectivity index (χ0v) is 18.3. The highest BCUT2D eigenvalue weighted by molar-refractivity contribution is 6.04. The number of hydrogen-bond acceptors (Lipinski definition) is 6. The van der Waals surface area contributed by atoms with Crippen LogP contribution in [-0.2, 0) is 16.1 Å². The third-order valence-electron chi connectivity index (χ3n) is 5.71. The maximum Gasteiger partial charge on any atom is 0.338 e. The Bertz CT molecular complexity index is 1390. The first-order valence-corrected chi connectivity index (χ1v) is 10.7. The third kappa shape index (κ3) is 3.59. The van der Waals surface area contributed by atoms with Crippen LogP contribution in [0.2, 0.25) is 0 Å². The molecule has 5 rings (SSSR count). The van der Waals surface area contributed by atoms with Crippen molar-refractivity contribution in [1.82, 2.24) is 4.98 Å². The quantitative estimate of drug-likeness (QED) is 0.395. The van der Waals surface area contributed by atoms with Crippen molar-refractivity contribution < 1.29 is 23.8 Å². The molecule has 3 aromatic carbocycles. The van der Waals surface area contributed by atoms with Gasteiger partial charge in [0.05, 0.1) is 36.1 Å². The predicted molar refractivity (Wildman–Crippen MR) is 124 cm³/mol. The highest BCUT2D eigenvalue weighted by atomic mass is 16.5. The molecule has 164 valence electrons. The van der Waals surface area contributed by atoms with Crippen LogP contribution in [0, 0.1) is 0 Å². The van der Waals surface area contributed by atoms with Gasteiger partial charge in [-0.2, -0.15) is 0 Å². The molecule has 0 radical (unpaired) electrons. The van der Waals surface area contributed by atoms with Crippen molar-refractivity contribution in [3.8, 4) is 28.1 Å². The van der Waals surface area contributed by atoms with Crippen LogP contribution in [-0.4, -0.2) is 30.6 Å². The average Bonchev–Trinajstić information content (AvgIpc) is 2.86. The van der Waals surface area contributed by atoms with Gasteiger partial charge < -0.3 is 14.2 Å². The summed E-state index contributed by atoms with van der Waals surface area (Å²) >= 11 is 0. The molecule has 0 unspecified atom stereocenters. The first-order chi connectivity index (χ1) is 16.1. The maximum atomic E-state index is 12.4. The summed E-state index contributed by atoms with van der Waals surface area (Å²) in [6, 6.07) is 20.4. The Morgan fingerprint density at radius 1 is 0.970 bits per heavy atom. The number of esters is 2. The molecule has 0 saturated carbocycles. The number of benzene rings is 3. The summed E-state index contributed by atoms with van der Waals surface area (Å²) in [5.41, 5.74) is 6.15. The lowest BCUT2D eigenvalue weighted by Gasteiger charge is -2.24. The number of fused-ring (bicyclic) bond motifs is 4. The van der Waals surface area contributed by atoms with Crippen LogP contribution in [0.15, 0.2) is 66.7 Å². The summed E-state index contributed by atoms with van der Waals surface area (Å²) in [5, 5.41) is 0.813. The van der Waals surface area contributed by atoms with Crippen LogP contribution in [0.4, 0.5) is 0 Å². The lowest BCUT2D eigenvalue weighted by atomic mass is 9.90. The number of methoxy groups -OCH3 is 1. The number of rotatable bonds is 4. The van der Waals surface area contributed by atoms with Crippen molar-refractivity contribution >= 4 is 22.8 Å². The van der Waals surface area contributed by atoms with Gasteiger partial charge >= 0.3 is 11.9 Å². The van der Waals surface area contributed by atoms with Gasteiger partial charge in [-0.05, 0) is 60.5 Å². The number of ether oxygens (including phenoxy) is 3. The van der Waals surface area contributed by atoms with Gasteiger partial charge in [0, 0.05) is 16.5 Å². The van der Waals surface area contributed by atoms with Crippen molar-refractivity contribution in [1.29, 1.82) is 0 Å². The molecule has 0 amide bonds. The highest BCUT2D eigenvalue weighted by Crippen LogP contribution is 2.43. The van der Waals surface area contributed by atoms with Gasteiger partial charge in [-0.3, -0.25) is 0 Å². The normalized spacial score (nSPS) is 11.8. The lowest BCUT2D eigenvalue weighted by Crippen LogP contribution is -2.10. The topological polar surface area (TPSA) is 74.7 Å². The van der Waals surface area contributed by atoms with E-state index in [1.807, 2.05) is 48.5 Å². The third-order valence-corrected chi connectivity index (χ3v) is 5.71. The van der Waals surface area contributed by atoms with Gasteiger partial charge in [-0.1, -0.05) is 24.3 Å². The molecule has 6 nitrogen and oxygen atoms in total. The van der Waals surface area contributed by atoms with Crippen molar-refractivity contribution in [3.05, 3.63) is 83.4 Å². The molecule has 0 N–H and O–H groups in total. The average molecular weight is 439 g/mol. The maximum absolute atomic E-state index is 12.4.